The lowest BCUT2D eigenvalue weighted by molar-refractivity contribution is 0.588. The third kappa shape index (κ3) is 2.56. The van der Waals surface area contributed by atoms with Crippen LogP contribution < -0.4 is 5.32 Å². The lowest BCUT2D eigenvalue weighted by Gasteiger charge is -2.10. The molecule has 0 aliphatic rings. The van der Waals surface area contributed by atoms with Crippen LogP contribution in [0.4, 0.5) is 0 Å². The van der Waals surface area contributed by atoms with Gasteiger partial charge in [-0.3, -0.25) is 9.38 Å². The first-order valence-electron chi connectivity index (χ1n) is 6.84. The van der Waals surface area contributed by atoms with Crippen molar-refractivity contribution in [2.24, 2.45) is 0 Å². The van der Waals surface area contributed by atoms with Crippen LogP contribution in [0.2, 0.25) is 0 Å². The predicted molar refractivity (Wildman–Crippen MR) is 80.4 cm³/mol. The van der Waals surface area contributed by atoms with Gasteiger partial charge in [-0.1, -0.05) is 19.9 Å². The van der Waals surface area contributed by atoms with E-state index in [1.165, 1.54) is 5.56 Å². The number of imidazole rings is 1. The molecule has 102 valence electrons. The average Bonchev–Trinajstić information content (AvgIpc) is 2.93. The van der Waals surface area contributed by atoms with E-state index in [1.807, 2.05) is 36.9 Å². The third-order valence-electron chi connectivity index (χ3n) is 3.23. The lowest BCUT2D eigenvalue weighted by atomic mass is 10.1. The fourth-order valence-corrected chi connectivity index (χ4v) is 2.23. The molecule has 0 fully saturated rings. The van der Waals surface area contributed by atoms with E-state index in [0.29, 0.717) is 6.04 Å². The number of pyridine rings is 2. The monoisotopic (exact) mass is 266 g/mol. The van der Waals surface area contributed by atoms with Crippen LogP contribution in [0, 0.1) is 0 Å². The summed E-state index contributed by atoms with van der Waals surface area (Å²) in [5.41, 5.74) is 4.36. The Morgan fingerprint density at radius 3 is 3.00 bits per heavy atom. The minimum atomic E-state index is 0.468. The first-order valence-corrected chi connectivity index (χ1v) is 6.84. The molecule has 0 aliphatic carbocycles. The van der Waals surface area contributed by atoms with Crippen LogP contribution in [-0.4, -0.2) is 20.4 Å². The summed E-state index contributed by atoms with van der Waals surface area (Å²) in [5, 5.41) is 3.41. The summed E-state index contributed by atoms with van der Waals surface area (Å²) in [6, 6.07) is 8.76. The molecule has 1 N–H and O–H groups in total. The smallest absolute Gasteiger partial charge is 0.137 e. The summed E-state index contributed by atoms with van der Waals surface area (Å²) >= 11 is 0. The van der Waals surface area contributed by atoms with Crippen LogP contribution in [0.1, 0.15) is 19.4 Å². The maximum Gasteiger partial charge on any atom is 0.137 e. The summed E-state index contributed by atoms with van der Waals surface area (Å²) < 4.78 is 2.08. The van der Waals surface area contributed by atoms with Crippen molar-refractivity contribution in [1.29, 1.82) is 0 Å². The minimum absolute atomic E-state index is 0.468. The van der Waals surface area contributed by atoms with E-state index in [0.717, 1.165) is 23.4 Å². The molecule has 0 amide bonds. The van der Waals surface area contributed by atoms with Crippen LogP contribution in [0.5, 0.6) is 0 Å². The number of rotatable bonds is 4. The quantitative estimate of drug-likeness (QED) is 0.789. The zero-order valence-corrected chi connectivity index (χ0v) is 11.7. The van der Waals surface area contributed by atoms with Gasteiger partial charge in [0.15, 0.2) is 0 Å². The van der Waals surface area contributed by atoms with Crippen molar-refractivity contribution in [3.63, 3.8) is 0 Å². The second-order valence-corrected chi connectivity index (χ2v) is 5.18. The van der Waals surface area contributed by atoms with Gasteiger partial charge in [0.1, 0.15) is 5.65 Å². The molecule has 0 bridgehead atoms. The standard InChI is InChI=1S/C16H18N4/c1-12(2)19-10-13-8-14(11-17-9-13)15-4-3-5-16-18-6-7-20(15)16/h3-9,11-12,19H,10H2,1-2H3. The average molecular weight is 266 g/mol. The first kappa shape index (κ1) is 12.8. The van der Waals surface area contributed by atoms with Crippen molar-refractivity contribution in [2.75, 3.05) is 0 Å². The highest BCUT2D eigenvalue weighted by atomic mass is 15.0. The number of hydrogen-bond donors (Lipinski definition) is 1. The van der Waals surface area contributed by atoms with E-state index < -0.39 is 0 Å². The van der Waals surface area contributed by atoms with Crippen molar-refractivity contribution in [1.82, 2.24) is 19.7 Å². The second-order valence-electron chi connectivity index (χ2n) is 5.18. The maximum absolute atomic E-state index is 4.36. The molecule has 4 heteroatoms. The van der Waals surface area contributed by atoms with E-state index in [-0.39, 0.29) is 0 Å². The lowest BCUT2D eigenvalue weighted by Crippen LogP contribution is -2.21. The summed E-state index contributed by atoms with van der Waals surface area (Å²) in [6.07, 6.45) is 7.60. The molecule has 0 atom stereocenters. The van der Waals surface area contributed by atoms with E-state index in [1.54, 1.807) is 0 Å². The molecule has 4 nitrogen and oxygen atoms in total. The molecule has 3 heterocycles. The van der Waals surface area contributed by atoms with Gasteiger partial charge in [0, 0.05) is 42.9 Å². The van der Waals surface area contributed by atoms with Crippen LogP contribution in [0.3, 0.4) is 0 Å². The van der Waals surface area contributed by atoms with E-state index in [4.69, 9.17) is 0 Å². The molecule has 0 saturated carbocycles. The fraction of sp³-hybridized carbons (Fsp3) is 0.250. The summed E-state index contributed by atoms with van der Waals surface area (Å²) in [4.78, 5) is 8.67. The van der Waals surface area contributed by atoms with Crippen LogP contribution in [0.15, 0.2) is 49.1 Å². The van der Waals surface area contributed by atoms with Gasteiger partial charge in [0.2, 0.25) is 0 Å². The molecule has 20 heavy (non-hydrogen) atoms. The fourth-order valence-electron chi connectivity index (χ4n) is 2.23. The molecule has 0 unspecified atom stereocenters. The molecular weight excluding hydrogens is 248 g/mol. The second kappa shape index (κ2) is 5.43. The highest BCUT2D eigenvalue weighted by Crippen LogP contribution is 2.20. The Labute approximate surface area is 118 Å². The summed E-state index contributed by atoms with van der Waals surface area (Å²) in [5.74, 6) is 0. The van der Waals surface area contributed by atoms with Gasteiger partial charge in [0.25, 0.3) is 0 Å². The first-order chi connectivity index (χ1) is 9.74. The van der Waals surface area contributed by atoms with Gasteiger partial charge in [-0.05, 0) is 23.8 Å². The molecule has 3 aromatic heterocycles. The number of nitrogens with one attached hydrogen (secondary N) is 1. The van der Waals surface area contributed by atoms with Crippen LogP contribution in [-0.2, 0) is 6.54 Å². The SMILES string of the molecule is CC(C)NCc1cncc(-c2cccc3nccn23)c1. The maximum atomic E-state index is 4.36. The van der Waals surface area contributed by atoms with Crippen molar-refractivity contribution in [2.45, 2.75) is 26.4 Å². The number of aromatic nitrogens is 3. The van der Waals surface area contributed by atoms with Gasteiger partial charge >= 0.3 is 0 Å². The van der Waals surface area contributed by atoms with Gasteiger partial charge in [0.05, 0.1) is 5.69 Å². The largest absolute Gasteiger partial charge is 0.310 e. The number of nitrogens with zero attached hydrogens (tertiary/aromatic N) is 3. The van der Waals surface area contributed by atoms with Crippen molar-refractivity contribution in [3.05, 3.63) is 54.6 Å². The zero-order chi connectivity index (χ0) is 13.9. The summed E-state index contributed by atoms with van der Waals surface area (Å²) in [6.45, 7) is 5.12. The highest BCUT2D eigenvalue weighted by Gasteiger charge is 2.05. The van der Waals surface area contributed by atoms with E-state index in [9.17, 15) is 0 Å². The van der Waals surface area contributed by atoms with Crippen LogP contribution in [0.25, 0.3) is 16.9 Å². The molecule has 0 aromatic carbocycles. The van der Waals surface area contributed by atoms with Crippen molar-refractivity contribution in [3.8, 4) is 11.3 Å². The minimum Gasteiger partial charge on any atom is -0.310 e. The molecule has 0 radical (unpaired) electrons. The van der Waals surface area contributed by atoms with Gasteiger partial charge < -0.3 is 5.32 Å². The topological polar surface area (TPSA) is 42.2 Å². The third-order valence-corrected chi connectivity index (χ3v) is 3.23. The molecule has 3 aromatic rings. The van der Waals surface area contributed by atoms with Gasteiger partial charge in [-0.2, -0.15) is 0 Å². The predicted octanol–water partition coefficient (Wildman–Crippen LogP) is 2.89. The van der Waals surface area contributed by atoms with Crippen molar-refractivity contribution >= 4 is 5.65 Å². The molecular formula is C16H18N4. The molecule has 0 aliphatic heterocycles. The Morgan fingerprint density at radius 1 is 1.25 bits per heavy atom. The van der Waals surface area contributed by atoms with Gasteiger partial charge in [-0.15, -0.1) is 0 Å². The van der Waals surface area contributed by atoms with E-state index in [2.05, 4.69) is 45.7 Å². The Hall–Kier alpha value is -2.20. The van der Waals surface area contributed by atoms with Crippen molar-refractivity contribution < 1.29 is 0 Å². The highest BCUT2D eigenvalue weighted by molar-refractivity contribution is 5.63. The molecule has 0 saturated heterocycles. The Balaban J connectivity index is 1.97. The zero-order valence-electron chi connectivity index (χ0n) is 11.7. The summed E-state index contributed by atoms with van der Waals surface area (Å²) in [7, 11) is 0. The Bertz CT molecular complexity index is 715. The number of fused-ring (bicyclic) bond motifs is 1. The Kier molecular flexibility index (Phi) is 3.48. The molecule has 3 rings (SSSR count). The normalized spacial score (nSPS) is 11.3. The number of hydrogen-bond acceptors (Lipinski definition) is 3. The Morgan fingerprint density at radius 2 is 2.15 bits per heavy atom. The van der Waals surface area contributed by atoms with E-state index >= 15 is 0 Å². The van der Waals surface area contributed by atoms with Crippen LogP contribution >= 0.6 is 0 Å². The molecule has 0 spiro atoms. The van der Waals surface area contributed by atoms with Gasteiger partial charge in [-0.25, -0.2) is 4.98 Å².